The molecule has 8 nitrogen and oxygen atoms in total. The van der Waals surface area contributed by atoms with E-state index in [1.807, 2.05) is 6.07 Å². The van der Waals surface area contributed by atoms with Gasteiger partial charge in [-0.3, -0.25) is 0 Å². The van der Waals surface area contributed by atoms with Gasteiger partial charge in [0.05, 0.1) is 11.2 Å². The molecule has 0 aliphatic carbocycles. The first-order valence-electron chi connectivity index (χ1n) is 11.4. The largest absolute Gasteiger partial charge is 0.389 e. The fourth-order valence-electron chi connectivity index (χ4n) is 4.32. The van der Waals surface area contributed by atoms with Gasteiger partial charge in [-0.2, -0.15) is 13.2 Å². The molecule has 0 bridgehead atoms. The SMILES string of the molecule is Cc1cc(F)c(NC(=O)N2CCC(CC(F)(F)F)C2)cc1Nc1ncccc1-c1ncnc2scnc12. The molecule has 1 aliphatic heterocycles. The minimum absolute atomic E-state index is 0.0365. The highest BCUT2D eigenvalue weighted by Crippen LogP contribution is 2.34. The number of thiazole rings is 1. The summed E-state index contributed by atoms with van der Waals surface area (Å²) in [6, 6.07) is 5.63. The Kier molecular flexibility index (Phi) is 6.63. The average molecular weight is 532 g/mol. The number of alkyl halides is 3. The smallest absolute Gasteiger partial charge is 0.339 e. The van der Waals surface area contributed by atoms with E-state index in [9.17, 15) is 22.4 Å². The van der Waals surface area contributed by atoms with Crippen molar-refractivity contribution in [2.75, 3.05) is 23.7 Å². The maximum Gasteiger partial charge on any atom is 0.389 e. The van der Waals surface area contributed by atoms with Crippen molar-refractivity contribution in [2.24, 2.45) is 5.92 Å². The Labute approximate surface area is 212 Å². The lowest BCUT2D eigenvalue weighted by molar-refractivity contribution is -0.143. The zero-order valence-electron chi connectivity index (χ0n) is 19.5. The molecule has 5 rings (SSSR count). The van der Waals surface area contributed by atoms with Gasteiger partial charge in [-0.1, -0.05) is 0 Å². The van der Waals surface area contributed by atoms with Gasteiger partial charge in [0.15, 0.2) is 0 Å². The van der Waals surface area contributed by atoms with Gasteiger partial charge in [-0.15, -0.1) is 11.3 Å². The lowest BCUT2D eigenvalue weighted by atomic mass is 10.1. The molecule has 2 amide bonds. The first-order valence-corrected chi connectivity index (χ1v) is 12.3. The molecule has 4 aromatic rings. The summed E-state index contributed by atoms with van der Waals surface area (Å²) in [5.41, 5.74) is 4.48. The maximum atomic E-state index is 14.7. The van der Waals surface area contributed by atoms with Gasteiger partial charge in [0.2, 0.25) is 0 Å². The zero-order chi connectivity index (χ0) is 26.2. The minimum atomic E-state index is -4.29. The summed E-state index contributed by atoms with van der Waals surface area (Å²) in [6.45, 7) is 1.84. The number of fused-ring (bicyclic) bond motifs is 1. The van der Waals surface area contributed by atoms with Crippen LogP contribution in [0.2, 0.25) is 0 Å². The Hall–Kier alpha value is -3.87. The van der Waals surface area contributed by atoms with E-state index in [-0.39, 0.29) is 25.2 Å². The molecule has 0 radical (unpaired) electrons. The van der Waals surface area contributed by atoms with Crippen LogP contribution in [-0.2, 0) is 0 Å². The van der Waals surface area contributed by atoms with Gasteiger partial charge in [0.1, 0.15) is 34.0 Å². The topological polar surface area (TPSA) is 95.9 Å². The Morgan fingerprint density at radius 2 is 2.03 bits per heavy atom. The van der Waals surface area contributed by atoms with E-state index in [1.165, 1.54) is 34.7 Å². The van der Waals surface area contributed by atoms with E-state index < -0.39 is 30.4 Å². The van der Waals surface area contributed by atoms with Crippen LogP contribution in [0, 0.1) is 18.7 Å². The molecule has 37 heavy (non-hydrogen) atoms. The second-order valence-corrected chi connectivity index (χ2v) is 9.58. The lowest BCUT2D eigenvalue weighted by Crippen LogP contribution is -2.33. The molecular formula is C24H21F4N7OS. The third kappa shape index (κ3) is 5.45. The van der Waals surface area contributed by atoms with Crippen molar-refractivity contribution >= 4 is 44.9 Å². The normalized spacial score (nSPS) is 15.8. The summed E-state index contributed by atoms with van der Waals surface area (Å²) in [5.74, 6) is -0.889. The second kappa shape index (κ2) is 9.88. The summed E-state index contributed by atoms with van der Waals surface area (Å²) < 4.78 is 52.9. The number of pyridine rings is 1. The van der Waals surface area contributed by atoms with Crippen LogP contribution in [0.1, 0.15) is 18.4 Å². The summed E-state index contributed by atoms with van der Waals surface area (Å²) in [4.78, 5) is 32.1. The predicted molar refractivity (Wildman–Crippen MR) is 132 cm³/mol. The summed E-state index contributed by atoms with van der Waals surface area (Å²) in [5, 5.41) is 5.68. The highest BCUT2D eigenvalue weighted by molar-refractivity contribution is 7.16. The van der Waals surface area contributed by atoms with Crippen LogP contribution < -0.4 is 10.6 Å². The van der Waals surface area contributed by atoms with Crippen molar-refractivity contribution in [3.63, 3.8) is 0 Å². The molecule has 192 valence electrons. The van der Waals surface area contributed by atoms with Gasteiger partial charge in [-0.05, 0) is 49.1 Å². The first-order chi connectivity index (χ1) is 17.7. The summed E-state index contributed by atoms with van der Waals surface area (Å²) in [6.07, 6.45) is -1.95. The number of benzene rings is 1. The van der Waals surface area contributed by atoms with E-state index in [0.717, 1.165) is 4.83 Å². The highest BCUT2D eigenvalue weighted by atomic mass is 32.1. The van der Waals surface area contributed by atoms with Crippen LogP contribution in [0.4, 0.5) is 39.5 Å². The molecule has 3 aromatic heterocycles. The van der Waals surface area contributed by atoms with E-state index >= 15 is 0 Å². The molecule has 13 heteroatoms. The number of carbonyl (C=O) groups is 1. The number of aryl methyl sites for hydroxylation is 1. The molecule has 0 saturated carbocycles. The zero-order valence-corrected chi connectivity index (χ0v) is 20.3. The highest BCUT2D eigenvalue weighted by Gasteiger charge is 2.36. The fourth-order valence-corrected chi connectivity index (χ4v) is 4.95. The van der Waals surface area contributed by atoms with Crippen LogP contribution in [0.3, 0.4) is 0 Å². The molecule has 1 saturated heterocycles. The van der Waals surface area contributed by atoms with Crippen LogP contribution in [0.5, 0.6) is 0 Å². The van der Waals surface area contributed by atoms with Crippen LogP contribution in [-0.4, -0.2) is 50.1 Å². The number of anilines is 3. The number of nitrogens with zero attached hydrogens (tertiary/aromatic N) is 5. The number of carbonyl (C=O) groups excluding carboxylic acids is 1. The van der Waals surface area contributed by atoms with E-state index in [1.54, 1.807) is 24.7 Å². The molecule has 2 N–H and O–H groups in total. The third-order valence-corrected chi connectivity index (χ3v) is 6.83. The Morgan fingerprint density at radius 3 is 2.84 bits per heavy atom. The monoisotopic (exact) mass is 531 g/mol. The Bertz CT molecular complexity index is 1460. The van der Waals surface area contributed by atoms with Crippen molar-refractivity contribution in [1.29, 1.82) is 0 Å². The van der Waals surface area contributed by atoms with Gasteiger partial charge >= 0.3 is 12.2 Å². The van der Waals surface area contributed by atoms with Crippen molar-refractivity contribution in [1.82, 2.24) is 24.8 Å². The lowest BCUT2D eigenvalue weighted by Gasteiger charge is -2.19. The van der Waals surface area contributed by atoms with Gasteiger partial charge in [-0.25, -0.2) is 29.1 Å². The Balaban J connectivity index is 1.37. The number of likely N-dealkylation sites (tertiary alicyclic amines) is 1. The van der Waals surface area contributed by atoms with E-state index in [0.29, 0.717) is 33.8 Å². The van der Waals surface area contributed by atoms with Crippen molar-refractivity contribution in [2.45, 2.75) is 25.9 Å². The van der Waals surface area contributed by atoms with E-state index in [2.05, 4.69) is 30.6 Å². The number of halogens is 4. The number of hydrogen-bond donors (Lipinski definition) is 2. The Morgan fingerprint density at radius 1 is 1.19 bits per heavy atom. The number of amides is 2. The van der Waals surface area contributed by atoms with Crippen LogP contribution in [0.25, 0.3) is 21.6 Å². The molecule has 1 aliphatic rings. The average Bonchev–Trinajstić information content (AvgIpc) is 3.51. The van der Waals surface area contributed by atoms with Crippen LogP contribution in [0.15, 0.2) is 42.3 Å². The minimum Gasteiger partial charge on any atom is -0.339 e. The van der Waals surface area contributed by atoms with Crippen LogP contribution >= 0.6 is 11.3 Å². The first kappa shape index (κ1) is 24.8. The molecule has 1 unspecified atom stereocenters. The number of hydrogen-bond acceptors (Lipinski definition) is 7. The molecule has 1 aromatic carbocycles. The van der Waals surface area contributed by atoms with Gasteiger partial charge in [0, 0.05) is 37.0 Å². The van der Waals surface area contributed by atoms with Crippen molar-refractivity contribution in [3.8, 4) is 11.3 Å². The quantitative estimate of drug-likeness (QED) is 0.300. The van der Waals surface area contributed by atoms with Gasteiger partial charge in [0.25, 0.3) is 0 Å². The van der Waals surface area contributed by atoms with E-state index in [4.69, 9.17) is 0 Å². The summed E-state index contributed by atoms with van der Waals surface area (Å²) >= 11 is 1.39. The molecule has 1 atom stereocenters. The number of aromatic nitrogens is 4. The maximum absolute atomic E-state index is 14.7. The number of urea groups is 1. The van der Waals surface area contributed by atoms with Crippen molar-refractivity contribution in [3.05, 3.63) is 53.7 Å². The third-order valence-electron chi connectivity index (χ3n) is 6.10. The van der Waals surface area contributed by atoms with Crippen molar-refractivity contribution < 1.29 is 22.4 Å². The predicted octanol–water partition coefficient (Wildman–Crippen LogP) is 6.15. The fraction of sp³-hybridized carbons (Fsp3) is 0.292. The molecule has 4 heterocycles. The molecule has 1 fully saturated rings. The number of nitrogens with one attached hydrogen (secondary N) is 2. The molecule has 0 spiro atoms. The number of rotatable bonds is 5. The standard InChI is InChI=1S/C24H21F4N7OS/c1-13-7-16(25)18(34-23(36)35-6-4-14(10-35)9-24(26,27)28)8-17(13)33-21-15(3-2-5-29-21)19-20-22(31-11-30-19)37-12-32-20/h2-3,5,7-8,11-12,14H,4,6,9-10H2,1H3,(H,29,33)(H,34,36). The summed E-state index contributed by atoms with van der Waals surface area (Å²) in [7, 11) is 0. The van der Waals surface area contributed by atoms with Gasteiger partial charge < -0.3 is 15.5 Å². The second-order valence-electron chi connectivity index (χ2n) is 8.75. The molecular weight excluding hydrogens is 510 g/mol.